The van der Waals surface area contributed by atoms with Crippen LogP contribution in [0.3, 0.4) is 0 Å². The van der Waals surface area contributed by atoms with Crippen LogP contribution < -0.4 is 4.74 Å². The standard InChI is InChI=1S/C15H10BrFN2O4S/c1-23-14-6-11(16)12(17)5-10(14)15-9-3-2-8(24(20,21)22)4-13(9)18-7-19-15/h2-7H,1H3,(H,20,21,22). The highest BCUT2D eigenvalue weighted by Crippen LogP contribution is 2.36. The lowest BCUT2D eigenvalue weighted by molar-refractivity contribution is 0.415. The molecule has 0 amide bonds. The predicted octanol–water partition coefficient (Wildman–Crippen LogP) is 3.45. The molecule has 6 nitrogen and oxygen atoms in total. The van der Waals surface area contributed by atoms with Gasteiger partial charge in [-0.05, 0) is 46.3 Å². The van der Waals surface area contributed by atoms with Gasteiger partial charge in [0.05, 0.1) is 27.7 Å². The zero-order valence-corrected chi connectivity index (χ0v) is 14.6. The molecule has 1 heterocycles. The van der Waals surface area contributed by atoms with Gasteiger partial charge in [0.2, 0.25) is 0 Å². The molecule has 0 aliphatic heterocycles. The molecule has 2 aromatic carbocycles. The summed E-state index contributed by atoms with van der Waals surface area (Å²) >= 11 is 3.09. The fourth-order valence-electron chi connectivity index (χ4n) is 2.29. The first kappa shape index (κ1) is 16.7. The van der Waals surface area contributed by atoms with Crippen LogP contribution in [0.25, 0.3) is 22.2 Å². The summed E-state index contributed by atoms with van der Waals surface area (Å²) in [6, 6.07) is 6.64. The fraction of sp³-hybridized carbons (Fsp3) is 0.0667. The van der Waals surface area contributed by atoms with E-state index in [0.717, 1.165) is 0 Å². The Morgan fingerprint density at radius 2 is 1.96 bits per heavy atom. The third-order valence-corrected chi connectivity index (χ3v) is 4.86. The second-order valence-corrected chi connectivity index (χ2v) is 7.12. The minimum Gasteiger partial charge on any atom is -0.496 e. The third kappa shape index (κ3) is 2.97. The van der Waals surface area contributed by atoms with Crippen molar-refractivity contribution in [3.05, 3.63) is 46.9 Å². The Kier molecular flexibility index (Phi) is 4.24. The van der Waals surface area contributed by atoms with Crippen LogP contribution in [0.1, 0.15) is 0 Å². The number of halogens is 2. The average molecular weight is 413 g/mol. The van der Waals surface area contributed by atoms with Crippen molar-refractivity contribution in [2.75, 3.05) is 7.11 Å². The van der Waals surface area contributed by atoms with Crippen LogP contribution >= 0.6 is 15.9 Å². The fourth-order valence-corrected chi connectivity index (χ4v) is 3.12. The number of ether oxygens (including phenoxy) is 1. The van der Waals surface area contributed by atoms with E-state index < -0.39 is 15.9 Å². The lowest BCUT2D eigenvalue weighted by Crippen LogP contribution is -1.99. The first-order valence-corrected chi connectivity index (χ1v) is 8.80. The van der Waals surface area contributed by atoms with Crippen molar-refractivity contribution in [2.24, 2.45) is 0 Å². The number of methoxy groups -OCH3 is 1. The van der Waals surface area contributed by atoms with Crippen molar-refractivity contribution >= 4 is 37.0 Å². The quantitative estimate of drug-likeness (QED) is 0.662. The van der Waals surface area contributed by atoms with Crippen LogP contribution in [0, 0.1) is 5.82 Å². The van der Waals surface area contributed by atoms with Crippen molar-refractivity contribution in [3.63, 3.8) is 0 Å². The lowest BCUT2D eigenvalue weighted by atomic mass is 10.1. The van der Waals surface area contributed by atoms with Gasteiger partial charge in [-0.3, -0.25) is 4.55 Å². The van der Waals surface area contributed by atoms with E-state index in [9.17, 15) is 12.8 Å². The number of fused-ring (bicyclic) bond motifs is 1. The molecule has 0 bridgehead atoms. The Balaban J connectivity index is 2.30. The van der Waals surface area contributed by atoms with Gasteiger partial charge in [-0.1, -0.05) is 0 Å². The largest absolute Gasteiger partial charge is 0.496 e. The van der Waals surface area contributed by atoms with E-state index in [4.69, 9.17) is 9.29 Å². The van der Waals surface area contributed by atoms with Crippen molar-refractivity contribution in [2.45, 2.75) is 4.90 Å². The molecule has 1 aromatic heterocycles. The Hall–Kier alpha value is -2.10. The highest BCUT2D eigenvalue weighted by molar-refractivity contribution is 9.10. The maximum Gasteiger partial charge on any atom is 0.294 e. The van der Waals surface area contributed by atoms with Crippen molar-refractivity contribution in [3.8, 4) is 17.0 Å². The Morgan fingerprint density at radius 3 is 2.62 bits per heavy atom. The smallest absolute Gasteiger partial charge is 0.294 e. The van der Waals surface area contributed by atoms with Gasteiger partial charge in [0.1, 0.15) is 17.9 Å². The van der Waals surface area contributed by atoms with Gasteiger partial charge in [0.15, 0.2) is 0 Å². The highest BCUT2D eigenvalue weighted by Gasteiger charge is 2.17. The number of hydrogen-bond acceptors (Lipinski definition) is 5. The SMILES string of the molecule is COc1cc(Br)c(F)cc1-c1ncnc2cc(S(=O)(=O)O)ccc12. The molecular weight excluding hydrogens is 403 g/mol. The number of hydrogen-bond donors (Lipinski definition) is 1. The molecule has 0 fully saturated rings. The van der Waals surface area contributed by atoms with Crippen LogP contribution in [0.5, 0.6) is 5.75 Å². The second kappa shape index (κ2) is 6.08. The van der Waals surface area contributed by atoms with Gasteiger partial charge in [0, 0.05) is 10.9 Å². The minimum atomic E-state index is -4.35. The topological polar surface area (TPSA) is 89.4 Å². The van der Waals surface area contributed by atoms with Gasteiger partial charge in [-0.2, -0.15) is 8.42 Å². The summed E-state index contributed by atoms with van der Waals surface area (Å²) < 4.78 is 51.1. The van der Waals surface area contributed by atoms with E-state index in [1.54, 1.807) is 0 Å². The Bertz CT molecular complexity index is 1060. The summed E-state index contributed by atoms with van der Waals surface area (Å²) in [5, 5.41) is 0.491. The zero-order chi connectivity index (χ0) is 17.5. The lowest BCUT2D eigenvalue weighted by Gasteiger charge is -2.11. The number of aromatic nitrogens is 2. The molecule has 0 radical (unpaired) electrons. The monoisotopic (exact) mass is 412 g/mol. The molecule has 0 spiro atoms. The predicted molar refractivity (Wildman–Crippen MR) is 89.0 cm³/mol. The van der Waals surface area contributed by atoms with E-state index in [1.807, 2.05) is 0 Å². The van der Waals surface area contributed by atoms with Crippen LogP contribution in [0.2, 0.25) is 0 Å². The molecule has 0 aliphatic rings. The van der Waals surface area contributed by atoms with Gasteiger partial charge in [-0.15, -0.1) is 0 Å². The van der Waals surface area contributed by atoms with Gasteiger partial charge in [-0.25, -0.2) is 14.4 Å². The molecule has 124 valence electrons. The molecule has 9 heteroatoms. The van der Waals surface area contributed by atoms with Crippen LogP contribution in [0.4, 0.5) is 4.39 Å². The Labute approximate surface area is 145 Å². The third-order valence-electron chi connectivity index (χ3n) is 3.40. The van der Waals surface area contributed by atoms with Gasteiger partial charge >= 0.3 is 0 Å². The number of nitrogens with zero attached hydrogens (tertiary/aromatic N) is 2. The van der Waals surface area contributed by atoms with Crippen molar-refractivity contribution < 1.29 is 22.1 Å². The van der Waals surface area contributed by atoms with E-state index in [0.29, 0.717) is 27.9 Å². The van der Waals surface area contributed by atoms with Crippen LogP contribution in [-0.2, 0) is 10.1 Å². The van der Waals surface area contributed by atoms with Gasteiger partial charge < -0.3 is 4.74 Å². The molecule has 0 unspecified atom stereocenters. The van der Waals surface area contributed by atoms with Gasteiger partial charge in [0.25, 0.3) is 10.1 Å². The van der Waals surface area contributed by atoms with E-state index in [1.165, 1.54) is 43.8 Å². The summed E-state index contributed by atoms with van der Waals surface area (Å²) in [6.45, 7) is 0. The van der Waals surface area contributed by atoms with Crippen LogP contribution in [-0.4, -0.2) is 30.0 Å². The first-order chi connectivity index (χ1) is 11.3. The Morgan fingerprint density at radius 1 is 1.21 bits per heavy atom. The van der Waals surface area contributed by atoms with Crippen molar-refractivity contribution in [1.29, 1.82) is 0 Å². The summed E-state index contributed by atoms with van der Waals surface area (Å²) in [6.07, 6.45) is 1.23. The molecular formula is C15H10BrFN2O4S. The summed E-state index contributed by atoms with van der Waals surface area (Å²) in [4.78, 5) is 7.89. The average Bonchev–Trinajstić information content (AvgIpc) is 2.55. The van der Waals surface area contributed by atoms with E-state index >= 15 is 0 Å². The van der Waals surface area contributed by atoms with Crippen LogP contribution in [0.15, 0.2) is 46.0 Å². The van der Waals surface area contributed by atoms with E-state index in [-0.39, 0.29) is 9.37 Å². The summed E-state index contributed by atoms with van der Waals surface area (Å²) in [7, 11) is -2.90. The highest BCUT2D eigenvalue weighted by atomic mass is 79.9. The molecule has 24 heavy (non-hydrogen) atoms. The second-order valence-electron chi connectivity index (χ2n) is 4.84. The molecule has 3 aromatic rings. The molecule has 1 N–H and O–H groups in total. The minimum absolute atomic E-state index is 0.245. The maximum atomic E-state index is 13.9. The van der Waals surface area contributed by atoms with Crippen molar-refractivity contribution in [1.82, 2.24) is 9.97 Å². The van der Waals surface area contributed by atoms with E-state index in [2.05, 4.69) is 25.9 Å². The molecule has 0 saturated heterocycles. The zero-order valence-electron chi connectivity index (χ0n) is 12.2. The normalized spacial score (nSPS) is 11.7. The molecule has 0 aliphatic carbocycles. The molecule has 3 rings (SSSR count). The molecule has 0 saturated carbocycles. The summed E-state index contributed by atoms with van der Waals surface area (Å²) in [5.74, 6) is -0.103. The number of rotatable bonds is 3. The first-order valence-electron chi connectivity index (χ1n) is 6.57. The molecule has 0 atom stereocenters. The summed E-state index contributed by atoms with van der Waals surface area (Å²) in [5.41, 5.74) is 1.07. The maximum absolute atomic E-state index is 13.9. The number of benzene rings is 2.